The molecule has 0 aliphatic carbocycles. The number of hydrogen-bond acceptors (Lipinski definition) is 4. The van der Waals surface area contributed by atoms with Gasteiger partial charge in [-0.3, -0.25) is 4.98 Å². The predicted molar refractivity (Wildman–Crippen MR) is 62.7 cm³/mol. The molecule has 2 rings (SSSR count). The maximum absolute atomic E-state index is 12.9. The lowest BCUT2D eigenvalue weighted by Crippen LogP contribution is -2.39. The van der Waals surface area contributed by atoms with Crippen molar-refractivity contribution in [3.63, 3.8) is 0 Å². The van der Waals surface area contributed by atoms with Crippen LogP contribution in [0.2, 0.25) is 0 Å². The molecule has 1 N–H and O–H groups in total. The summed E-state index contributed by atoms with van der Waals surface area (Å²) < 4.78 is 35.7. The number of pyridine rings is 1. The topological polar surface area (TPSA) is 59.1 Å². The minimum atomic E-state index is -2.90. The highest BCUT2D eigenvalue weighted by Crippen LogP contribution is 2.12. The Hall–Kier alpha value is -1.01. The van der Waals surface area contributed by atoms with E-state index < -0.39 is 9.84 Å². The highest BCUT2D eigenvalue weighted by atomic mass is 32.2. The molecule has 1 fully saturated rings. The van der Waals surface area contributed by atoms with Gasteiger partial charge in [0.15, 0.2) is 9.84 Å². The molecule has 1 saturated heterocycles. The van der Waals surface area contributed by atoms with Crippen molar-refractivity contribution in [3.05, 3.63) is 29.8 Å². The second-order valence-electron chi connectivity index (χ2n) is 4.35. The molecule has 94 valence electrons. The van der Waals surface area contributed by atoms with Gasteiger partial charge in [0.25, 0.3) is 0 Å². The van der Waals surface area contributed by atoms with Crippen LogP contribution >= 0.6 is 0 Å². The zero-order valence-electron chi connectivity index (χ0n) is 9.39. The van der Waals surface area contributed by atoms with Gasteiger partial charge >= 0.3 is 0 Å². The van der Waals surface area contributed by atoms with E-state index in [1.165, 1.54) is 6.07 Å². The Morgan fingerprint density at radius 3 is 3.00 bits per heavy atom. The van der Waals surface area contributed by atoms with E-state index in [4.69, 9.17) is 0 Å². The van der Waals surface area contributed by atoms with Gasteiger partial charge in [0, 0.05) is 18.8 Å². The van der Waals surface area contributed by atoms with Crippen LogP contribution in [0.5, 0.6) is 0 Å². The van der Waals surface area contributed by atoms with Gasteiger partial charge in [0.2, 0.25) is 0 Å². The number of rotatable bonds is 3. The first-order valence-corrected chi connectivity index (χ1v) is 7.40. The monoisotopic (exact) mass is 258 g/mol. The lowest BCUT2D eigenvalue weighted by atomic mass is 10.1. The van der Waals surface area contributed by atoms with Gasteiger partial charge in [0.1, 0.15) is 5.82 Å². The number of nitrogens with one attached hydrogen (secondary N) is 1. The van der Waals surface area contributed by atoms with Crippen LogP contribution in [-0.4, -0.2) is 30.9 Å². The van der Waals surface area contributed by atoms with Crippen molar-refractivity contribution in [2.24, 2.45) is 0 Å². The lowest BCUT2D eigenvalue weighted by Gasteiger charge is -2.23. The van der Waals surface area contributed by atoms with Gasteiger partial charge in [-0.2, -0.15) is 0 Å². The van der Waals surface area contributed by atoms with Crippen LogP contribution < -0.4 is 5.32 Å². The molecule has 1 aromatic heterocycles. The predicted octanol–water partition coefficient (Wildman–Crippen LogP) is 0.887. The highest BCUT2D eigenvalue weighted by molar-refractivity contribution is 7.91. The molecule has 0 spiro atoms. The first-order valence-electron chi connectivity index (χ1n) is 5.58. The zero-order chi connectivity index (χ0) is 12.3. The van der Waals surface area contributed by atoms with E-state index in [0.29, 0.717) is 13.0 Å². The van der Waals surface area contributed by atoms with E-state index in [0.717, 1.165) is 18.2 Å². The molecule has 2 heterocycles. The number of aromatic nitrogens is 1. The van der Waals surface area contributed by atoms with Crippen LogP contribution in [0.3, 0.4) is 0 Å². The van der Waals surface area contributed by atoms with E-state index in [-0.39, 0.29) is 23.4 Å². The minimum Gasteiger partial charge on any atom is -0.309 e. The Bertz CT molecular complexity index is 490. The van der Waals surface area contributed by atoms with E-state index in [9.17, 15) is 12.8 Å². The van der Waals surface area contributed by atoms with Crippen molar-refractivity contribution >= 4 is 9.84 Å². The second kappa shape index (κ2) is 5.10. The Kier molecular flexibility index (Phi) is 3.73. The summed E-state index contributed by atoms with van der Waals surface area (Å²) >= 11 is 0. The summed E-state index contributed by atoms with van der Waals surface area (Å²) in [5.41, 5.74) is 0.730. The fraction of sp³-hybridized carbons (Fsp3) is 0.545. The van der Waals surface area contributed by atoms with Gasteiger partial charge in [-0.1, -0.05) is 0 Å². The molecule has 0 amide bonds. The van der Waals surface area contributed by atoms with Gasteiger partial charge in [-0.15, -0.1) is 0 Å². The molecule has 17 heavy (non-hydrogen) atoms. The molecule has 1 aromatic rings. The van der Waals surface area contributed by atoms with E-state index >= 15 is 0 Å². The molecule has 1 aliphatic heterocycles. The first kappa shape index (κ1) is 12.4. The Labute approximate surface area is 100 Å². The maximum atomic E-state index is 12.9. The number of hydrogen-bond donors (Lipinski definition) is 1. The molecular formula is C11H15FN2O2S. The van der Waals surface area contributed by atoms with Crippen LogP contribution in [0.1, 0.15) is 18.4 Å². The molecule has 0 aromatic carbocycles. The maximum Gasteiger partial charge on any atom is 0.151 e. The molecule has 4 nitrogen and oxygen atoms in total. The number of nitrogens with zero attached hydrogens (tertiary/aromatic N) is 1. The molecule has 0 bridgehead atoms. The highest BCUT2D eigenvalue weighted by Gasteiger charge is 2.24. The van der Waals surface area contributed by atoms with Gasteiger partial charge in [-0.25, -0.2) is 12.8 Å². The first-order chi connectivity index (χ1) is 8.05. The van der Waals surface area contributed by atoms with Gasteiger partial charge < -0.3 is 5.32 Å². The fourth-order valence-electron chi connectivity index (χ4n) is 2.00. The number of halogens is 1. The van der Waals surface area contributed by atoms with E-state index in [1.54, 1.807) is 6.20 Å². The molecule has 0 saturated carbocycles. The number of sulfone groups is 1. The van der Waals surface area contributed by atoms with Gasteiger partial charge in [0.05, 0.1) is 17.7 Å². The third kappa shape index (κ3) is 3.74. The van der Waals surface area contributed by atoms with Crippen molar-refractivity contribution < 1.29 is 12.8 Å². The Morgan fingerprint density at radius 2 is 2.29 bits per heavy atom. The average Bonchev–Trinajstić information content (AvgIpc) is 2.25. The van der Waals surface area contributed by atoms with Crippen molar-refractivity contribution in [2.45, 2.75) is 25.4 Å². The van der Waals surface area contributed by atoms with Crippen molar-refractivity contribution in [1.29, 1.82) is 0 Å². The van der Waals surface area contributed by atoms with Crippen LogP contribution in [0.15, 0.2) is 18.5 Å². The van der Waals surface area contributed by atoms with Crippen molar-refractivity contribution in [1.82, 2.24) is 10.3 Å². The molecular weight excluding hydrogens is 243 g/mol. The standard InChI is InChI=1S/C11H15FN2O2S/c12-10-4-9(5-13-7-10)6-14-11-2-1-3-17(15,16)8-11/h4-5,7,11,14H,1-3,6,8H2. The Morgan fingerprint density at radius 1 is 1.47 bits per heavy atom. The lowest BCUT2D eigenvalue weighted by molar-refractivity contribution is 0.479. The minimum absolute atomic E-state index is 0.0305. The molecule has 1 atom stereocenters. The summed E-state index contributed by atoms with van der Waals surface area (Å²) in [7, 11) is -2.90. The molecule has 0 radical (unpaired) electrons. The quantitative estimate of drug-likeness (QED) is 0.874. The van der Waals surface area contributed by atoms with Crippen LogP contribution in [0, 0.1) is 5.82 Å². The van der Waals surface area contributed by atoms with Crippen LogP contribution in [0.4, 0.5) is 4.39 Å². The van der Waals surface area contributed by atoms with Crippen LogP contribution in [0.25, 0.3) is 0 Å². The summed E-state index contributed by atoms with van der Waals surface area (Å²) in [5, 5.41) is 3.13. The summed E-state index contributed by atoms with van der Waals surface area (Å²) in [6.45, 7) is 0.449. The summed E-state index contributed by atoms with van der Waals surface area (Å²) in [4.78, 5) is 3.74. The van der Waals surface area contributed by atoms with E-state index in [2.05, 4.69) is 10.3 Å². The summed E-state index contributed by atoms with van der Waals surface area (Å²) in [5.74, 6) is 0.0863. The average molecular weight is 258 g/mol. The van der Waals surface area contributed by atoms with Crippen molar-refractivity contribution in [2.75, 3.05) is 11.5 Å². The van der Waals surface area contributed by atoms with Gasteiger partial charge in [-0.05, 0) is 24.5 Å². The van der Waals surface area contributed by atoms with Crippen molar-refractivity contribution in [3.8, 4) is 0 Å². The zero-order valence-corrected chi connectivity index (χ0v) is 10.2. The largest absolute Gasteiger partial charge is 0.309 e. The second-order valence-corrected chi connectivity index (χ2v) is 6.57. The SMILES string of the molecule is O=S1(=O)CCCC(NCc2cncc(F)c2)C1. The smallest absolute Gasteiger partial charge is 0.151 e. The molecule has 6 heteroatoms. The Balaban J connectivity index is 1.90. The molecule has 1 aliphatic rings. The summed E-state index contributed by atoms with van der Waals surface area (Å²) in [6, 6.07) is 1.37. The third-order valence-corrected chi connectivity index (χ3v) is 4.64. The summed E-state index contributed by atoms with van der Waals surface area (Å²) in [6.07, 6.45) is 4.27. The third-order valence-electron chi connectivity index (χ3n) is 2.82. The normalized spacial score (nSPS) is 23.5. The fourth-order valence-corrected chi connectivity index (χ4v) is 3.67. The van der Waals surface area contributed by atoms with Crippen LogP contribution in [-0.2, 0) is 16.4 Å². The molecule has 1 unspecified atom stereocenters. The van der Waals surface area contributed by atoms with E-state index in [1.807, 2.05) is 0 Å².